The average molecular weight is 259 g/mol. The van der Waals surface area contributed by atoms with E-state index in [0.29, 0.717) is 0 Å². The molecule has 19 heavy (non-hydrogen) atoms. The van der Waals surface area contributed by atoms with Crippen molar-refractivity contribution in [3.8, 4) is 5.75 Å². The van der Waals surface area contributed by atoms with Gasteiger partial charge in [-0.05, 0) is 41.8 Å². The third kappa shape index (κ3) is 3.80. The molecule has 2 aromatic rings. The van der Waals surface area contributed by atoms with Crippen molar-refractivity contribution in [2.24, 2.45) is 0 Å². The molecule has 2 rings (SSSR count). The molecule has 1 unspecified atom stereocenters. The van der Waals surface area contributed by atoms with E-state index in [-0.39, 0.29) is 17.6 Å². The highest BCUT2D eigenvalue weighted by Crippen LogP contribution is 2.18. The first-order chi connectivity index (χ1) is 9.19. The third-order valence-corrected chi connectivity index (χ3v) is 3.17. The number of hydrogen-bond donors (Lipinski definition) is 2. The first-order valence-electron chi connectivity index (χ1n) is 6.46. The molecule has 2 nitrogen and oxygen atoms in total. The van der Waals surface area contributed by atoms with E-state index in [4.69, 9.17) is 0 Å². The first kappa shape index (κ1) is 13.6. The molecule has 0 fully saturated rings. The van der Waals surface area contributed by atoms with Gasteiger partial charge in [0.05, 0.1) is 0 Å². The molecule has 0 amide bonds. The van der Waals surface area contributed by atoms with E-state index >= 15 is 0 Å². The maximum atomic E-state index is 12.9. The minimum Gasteiger partial charge on any atom is -0.508 e. The SMILES string of the molecule is CCC(NCc1ccc(O)cc1)c1ccc(F)cc1. The third-order valence-electron chi connectivity index (χ3n) is 3.17. The lowest BCUT2D eigenvalue weighted by atomic mass is 10.0. The van der Waals surface area contributed by atoms with Crippen LogP contribution in [0.1, 0.15) is 30.5 Å². The van der Waals surface area contributed by atoms with Gasteiger partial charge in [-0.25, -0.2) is 4.39 Å². The fourth-order valence-electron chi connectivity index (χ4n) is 2.05. The van der Waals surface area contributed by atoms with Crippen molar-refractivity contribution in [3.63, 3.8) is 0 Å². The van der Waals surface area contributed by atoms with Crippen LogP contribution in [0.15, 0.2) is 48.5 Å². The summed E-state index contributed by atoms with van der Waals surface area (Å²) in [4.78, 5) is 0. The molecule has 2 N–H and O–H groups in total. The normalized spacial score (nSPS) is 12.3. The molecule has 3 heteroatoms. The van der Waals surface area contributed by atoms with Crippen molar-refractivity contribution in [2.75, 3.05) is 0 Å². The molecule has 0 aliphatic rings. The molecule has 0 bridgehead atoms. The van der Waals surface area contributed by atoms with Gasteiger partial charge in [0.25, 0.3) is 0 Å². The maximum absolute atomic E-state index is 12.9. The number of hydrogen-bond acceptors (Lipinski definition) is 2. The summed E-state index contributed by atoms with van der Waals surface area (Å²) < 4.78 is 12.9. The van der Waals surface area contributed by atoms with E-state index in [1.807, 2.05) is 24.3 Å². The predicted molar refractivity (Wildman–Crippen MR) is 74.4 cm³/mol. The highest BCUT2D eigenvalue weighted by atomic mass is 19.1. The molecule has 0 aliphatic carbocycles. The van der Waals surface area contributed by atoms with E-state index in [1.165, 1.54) is 12.1 Å². The standard InChI is InChI=1S/C16H18FNO/c1-2-16(13-5-7-14(17)8-6-13)18-11-12-3-9-15(19)10-4-12/h3-10,16,18-19H,2,11H2,1H3. The topological polar surface area (TPSA) is 32.3 Å². The van der Waals surface area contributed by atoms with Crippen LogP contribution in [-0.4, -0.2) is 5.11 Å². The Hall–Kier alpha value is -1.87. The molecular formula is C16H18FNO. The van der Waals surface area contributed by atoms with Crippen LogP contribution >= 0.6 is 0 Å². The summed E-state index contributed by atoms with van der Waals surface area (Å²) in [5, 5.41) is 12.7. The second-order valence-corrected chi connectivity index (χ2v) is 4.56. The largest absolute Gasteiger partial charge is 0.508 e. The molecule has 0 aliphatic heterocycles. The molecule has 0 saturated carbocycles. The summed E-state index contributed by atoms with van der Waals surface area (Å²) in [5.41, 5.74) is 2.20. The van der Waals surface area contributed by atoms with Gasteiger partial charge in [0.2, 0.25) is 0 Å². The highest BCUT2D eigenvalue weighted by molar-refractivity contribution is 5.26. The number of rotatable bonds is 5. The van der Waals surface area contributed by atoms with Gasteiger partial charge in [-0.3, -0.25) is 0 Å². The molecule has 0 spiro atoms. The molecule has 1 atom stereocenters. The smallest absolute Gasteiger partial charge is 0.123 e. The minimum absolute atomic E-state index is 0.203. The Morgan fingerprint density at radius 3 is 2.26 bits per heavy atom. The van der Waals surface area contributed by atoms with Gasteiger partial charge < -0.3 is 10.4 Å². The number of aromatic hydroxyl groups is 1. The van der Waals surface area contributed by atoms with Crippen molar-refractivity contribution in [3.05, 3.63) is 65.5 Å². The van der Waals surface area contributed by atoms with Crippen LogP contribution < -0.4 is 5.32 Å². The monoisotopic (exact) mass is 259 g/mol. The second-order valence-electron chi connectivity index (χ2n) is 4.56. The lowest BCUT2D eigenvalue weighted by Crippen LogP contribution is -2.20. The van der Waals surface area contributed by atoms with Gasteiger partial charge in [0.15, 0.2) is 0 Å². The van der Waals surface area contributed by atoms with Gasteiger partial charge in [-0.2, -0.15) is 0 Å². The van der Waals surface area contributed by atoms with Gasteiger partial charge in [-0.15, -0.1) is 0 Å². The van der Waals surface area contributed by atoms with Crippen LogP contribution in [0.4, 0.5) is 4.39 Å². The summed E-state index contributed by atoms with van der Waals surface area (Å²) in [6, 6.07) is 13.9. The highest BCUT2D eigenvalue weighted by Gasteiger charge is 2.08. The summed E-state index contributed by atoms with van der Waals surface area (Å²) in [7, 11) is 0. The van der Waals surface area contributed by atoms with Crippen LogP contribution in [0, 0.1) is 5.82 Å². The molecule has 0 aromatic heterocycles. The average Bonchev–Trinajstić information content (AvgIpc) is 2.43. The van der Waals surface area contributed by atoms with Gasteiger partial charge in [0, 0.05) is 12.6 Å². The molecule has 0 saturated heterocycles. The van der Waals surface area contributed by atoms with Crippen LogP contribution in [0.3, 0.4) is 0 Å². The van der Waals surface area contributed by atoms with Crippen molar-refractivity contribution in [2.45, 2.75) is 25.9 Å². The fourth-order valence-corrected chi connectivity index (χ4v) is 2.05. The summed E-state index contributed by atoms with van der Waals surface area (Å²) in [6.45, 7) is 2.81. The number of nitrogens with one attached hydrogen (secondary N) is 1. The van der Waals surface area contributed by atoms with Gasteiger partial charge >= 0.3 is 0 Å². The Morgan fingerprint density at radius 2 is 1.68 bits per heavy atom. The first-order valence-corrected chi connectivity index (χ1v) is 6.46. The lowest BCUT2D eigenvalue weighted by molar-refractivity contribution is 0.474. The second kappa shape index (κ2) is 6.34. The van der Waals surface area contributed by atoms with Crippen LogP contribution in [0.2, 0.25) is 0 Å². The molecular weight excluding hydrogens is 241 g/mol. The zero-order chi connectivity index (χ0) is 13.7. The Balaban J connectivity index is 1.99. The van der Waals surface area contributed by atoms with Crippen LogP contribution in [-0.2, 0) is 6.54 Å². The molecule has 0 heterocycles. The predicted octanol–water partition coefficient (Wildman–Crippen LogP) is 3.77. The maximum Gasteiger partial charge on any atom is 0.123 e. The number of phenols is 1. The van der Waals surface area contributed by atoms with Crippen LogP contribution in [0.5, 0.6) is 5.75 Å². The van der Waals surface area contributed by atoms with E-state index in [9.17, 15) is 9.50 Å². The Kier molecular flexibility index (Phi) is 4.53. The van der Waals surface area contributed by atoms with Crippen molar-refractivity contribution in [1.29, 1.82) is 0 Å². The summed E-state index contributed by atoms with van der Waals surface area (Å²) in [6.07, 6.45) is 0.934. The molecule has 2 aromatic carbocycles. The summed E-state index contributed by atoms with van der Waals surface area (Å²) >= 11 is 0. The van der Waals surface area contributed by atoms with E-state index < -0.39 is 0 Å². The van der Waals surface area contributed by atoms with E-state index in [1.54, 1.807) is 12.1 Å². The molecule has 100 valence electrons. The van der Waals surface area contributed by atoms with Gasteiger partial charge in [0.1, 0.15) is 11.6 Å². The summed E-state index contributed by atoms with van der Waals surface area (Å²) in [5.74, 6) is 0.0615. The number of benzene rings is 2. The Labute approximate surface area is 112 Å². The van der Waals surface area contributed by atoms with Crippen LogP contribution in [0.25, 0.3) is 0 Å². The lowest BCUT2D eigenvalue weighted by Gasteiger charge is -2.17. The van der Waals surface area contributed by atoms with E-state index in [2.05, 4.69) is 12.2 Å². The van der Waals surface area contributed by atoms with Crippen molar-refractivity contribution in [1.82, 2.24) is 5.32 Å². The number of phenolic OH excluding ortho intramolecular Hbond substituents is 1. The van der Waals surface area contributed by atoms with E-state index in [0.717, 1.165) is 24.1 Å². The number of halogens is 1. The zero-order valence-electron chi connectivity index (χ0n) is 10.9. The fraction of sp³-hybridized carbons (Fsp3) is 0.250. The zero-order valence-corrected chi connectivity index (χ0v) is 10.9. The van der Waals surface area contributed by atoms with Crippen molar-refractivity contribution < 1.29 is 9.50 Å². The minimum atomic E-state index is -0.211. The van der Waals surface area contributed by atoms with Crippen molar-refractivity contribution >= 4 is 0 Å². The quantitative estimate of drug-likeness (QED) is 0.856. The Bertz CT molecular complexity index is 507. The Morgan fingerprint density at radius 1 is 1.05 bits per heavy atom. The molecule has 0 radical (unpaired) electrons. The van der Waals surface area contributed by atoms with Gasteiger partial charge in [-0.1, -0.05) is 31.2 Å².